The Morgan fingerprint density at radius 2 is 1.80 bits per heavy atom. The van der Waals surface area contributed by atoms with Crippen LogP contribution in [0.15, 0.2) is 22.7 Å². The number of aryl methyl sites for hydroxylation is 1. The van der Waals surface area contributed by atoms with Crippen molar-refractivity contribution in [3.05, 3.63) is 33.8 Å². The van der Waals surface area contributed by atoms with Crippen LogP contribution in [0.5, 0.6) is 0 Å². The summed E-state index contributed by atoms with van der Waals surface area (Å²) in [4.78, 5) is 14.2. The van der Waals surface area contributed by atoms with Gasteiger partial charge in [0.1, 0.15) is 0 Å². The molecular formula is C13H17BrN2O3S. The lowest BCUT2D eigenvalue weighted by atomic mass is 10.1. The van der Waals surface area contributed by atoms with Gasteiger partial charge < -0.3 is 4.90 Å². The number of rotatable bonds is 2. The van der Waals surface area contributed by atoms with E-state index in [1.54, 1.807) is 11.0 Å². The molecule has 2 rings (SSSR count). The van der Waals surface area contributed by atoms with E-state index in [1.807, 2.05) is 19.1 Å². The normalized spacial score (nSPS) is 17.2. The van der Waals surface area contributed by atoms with Crippen molar-refractivity contribution in [3.63, 3.8) is 0 Å². The number of hydrogen-bond donors (Lipinski definition) is 0. The summed E-state index contributed by atoms with van der Waals surface area (Å²) < 4.78 is 25.1. The number of piperazine rings is 1. The lowest BCUT2D eigenvalue weighted by Crippen LogP contribution is -2.50. The molecule has 0 bridgehead atoms. The molecule has 0 aromatic heterocycles. The molecule has 5 nitrogen and oxygen atoms in total. The van der Waals surface area contributed by atoms with E-state index in [0.29, 0.717) is 31.7 Å². The van der Waals surface area contributed by atoms with Crippen LogP contribution in [0.1, 0.15) is 15.9 Å². The maximum Gasteiger partial charge on any atom is 0.255 e. The van der Waals surface area contributed by atoms with Gasteiger partial charge in [0.2, 0.25) is 10.0 Å². The Bertz CT molecular complexity index is 623. The van der Waals surface area contributed by atoms with Crippen LogP contribution in [0.2, 0.25) is 0 Å². The number of carbonyl (C=O) groups is 1. The molecule has 0 saturated carbocycles. The van der Waals surface area contributed by atoms with Crippen LogP contribution in [0.25, 0.3) is 0 Å². The highest BCUT2D eigenvalue weighted by atomic mass is 79.9. The van der Waals surface area contributed by atoms with Crippen molar-refractivity contribution in [2.24, 2.45) is 0 Å². The summed E-state index contributed by atoms with van der Waals surface area (Å²) in [6.45, 7) is 3.49. The van der Waals surface area contributed by atoms with Gasteiger partial charge in [-0.3, -0.25) is 4.79 Å². The number of amides is 1. The van der Waals surface area contributed by atoms with E-state index in [-0.39, 0.29) is 5.91 Å². The van der Waals surface area contributed by atoms with Gasteiger partial charge in [-0.25, -0.2) is 8.42 Å². The number of benzene rings is 1. The molecular weight excluding hydrogens is 344 g/mol. The van der Waals surface area contributed by atoms with Crippen molar-refractivity contribution in [3.8, 4) is 0 Å². The van der Waals surface area contributed by atoms with Crippen LogP contribution in [-0.2, 0) is 10.0 Å². The van der Waals surface area contributed by atoms with Crippen LogP contribution in [0.3, 0.4) is 0 Å². The van der Waals surface area contributed by atoms with Gasteiger partial charge in [0.25, 0.3) is 5.91 Å². The van der Waals surface area contributed by atoms with Gasteiger partial charge in [-0.05, 0) is 34.5 Å². The molecule has 1 aliphatic rings. The molecule has 20 heavy (non-hydrogen) atoms. The highest BCUT2D eigenvalue weighted by Crippen LogP contribution is 2.23. The molecule has 0 spiro atoms. The fourth-order valence-corrected chi connectivity index (χ4v) is 3.47. The molecule has 1 heterocycles. The van der Waals surface area contributed by atoms with Crippen LogP contribution < -0.4 is 0 Å². The molecule has 110 valence electrons. The van der Waals surface area contributed by atoms with Gasteiger partial charge >= 0.3 is 0 Å². The fraction of sp³-hybridized carbons (Fsp3) is 0.462. The monoisotopic (exact) mass is 360 g/mol. The fourth-order valence-electron chi connectivity index (χ4n) is 2.21. The number of halogens is 1. The summed E-state index contributed by atoms with van der Waals surface area (Å²) in [5, 5.41) is 0. The molecule has 0 unspecified atom stereocenters. The predicted octanol–water partition coefficient (Wildman–Crippen LogP) is 1.47. The highest BCUT2D eigenvalue weighted by molar-refractivity contribution is 9.10. The van der Waals surface area contributed by atoms with Crippen molar-refractivity contribution >= 4 is 31.9 Å². The van der Waals surface area contributed by atoms with E-state index in [4.69, 9.17) is 0 Å². The molecule has 1 aromatic carbocycles. The van der Waals surface area contributed by atoms with E-state index in [2.05, 4.69) is 15.9 Å². The maximum atomic E-state index is 12.5. The van der Waals surface area contributed by atoms with Gasteiger partial charge in [0.05, 0.1) is 11.8 Å². The van der Waals surface area contributed by atoms with Crippen LogP contribution in [-0.4, -0.2) is 56.0 Å². The maximum absolute atomic E-state index is 12.5. The van der Waals surface area contributed by atoms with Gasteiger partial charge in [-0.2, -0.15) is 4.31 Å². The summed E-state index contributed by atoms with van der Waals surface area (Å²) >= 11 is 3.44. The standard InChI is InChI=1S/C13H17BrN2O3S/c1-10-4-3-5-11(12(10)14)13(17)15-6-8-16(9-7-15)20(2,18)19/h3-5H,6-9H2,1-2H3. The number of sulfonamides is 1. The Hall–Kier alpha value is -0.920. The van der Waals surface area contributed by atoms with Gasteiger partial charge in [0, 0.05) is 30.7 Å². The van der Waals surface area contributed by atoms with E-state index in [9.17, 15) is 13.2 Å². The molecule has 0 N–H and O–H groups in total. The van der Waals surface area contributed by atoms with E-state index in [1.165, 1.54) is 10.6 Å². The lowest BCUT2D eigenvalue weighted by molar-refractivity contribution is 0.0697. The van der Waals surface area contributed by atoms with E-state index in [0.717, 1.165) is 10.0 Å². The quantitative estimate of drug-likeness (QED) is 0.802. The first-order valence-corrected chi connectivity index (χ1v) is 8.94. The van der Waals surface area contributed by atoms with Gasteiger partial charge in [-0.15, -0.1) is 0 Å². The Balaban J connectivity index is 2.11. The first kappa shape index (κ1) is 15.5. The minimum Gasteiger partial charge on any atom is -0.336 e. The summed E-state index contributed by atoms with van der Waals surface area (Å²) in [5.74, 6) is -0.0614. The second-order valence-corrected chi connectivity index (χ2v) is 7.67. The number of carbonyl (C=O) groups excluding carboxylic acids is 1. The largest absolute Gasteiger partial charge is 0.336 e. The summed E-state index contributed by atoms with van der Waals surface area (Å²) in [7, 11) is -3.17. The average Bonchev–Trinajstić information content (AvgIpc) is 2.40. The second-order valence-electron chi connectivity index (χ2n) is 4.89. The predicted molar refractivity (Wildman–Crippen MR) is 81.2 cm³/mol. The first-order valence-electron chi connectivity index (χ1n) is 6.30. The SMILES string of the molecule is Cc1cccc(C(=O)N2CCN(S(C)(=O)=O)CC2)c1Br. The van der Waals surface area contributed by atoms with Crippen molar-refractivity contribution in [1.82, 2.24) is 9.21 Å². The molecule has 7 heteroatoms. The van der Waals surface area contributed by atoms with Gasteiger partial charge in [-0.1, -0.05) is 12.1 Å². The number of hydrogen-bond acceptors (Lipinski definition) is 3. The zero-order chi connectivity index (χ0) is 14.9. The Morgan fingerprint density at radius 3 is 2.35 bits per heavy atom. The molecule has 1 fully saturated rings. The Kier molecular flexibility index (Phi) is 4.51. The van der Waals surface area contributed by atoms with Crippen LogP contribution in [0, 0.1) is 6.92 Å². The molecule has 1 saturated heterocycles. The van der Waals surface area contributed by atoms with Crippen molar-refractivity contribution in [2.45, 2.75) is 6.92 Å². The Morgan fingerprint density at radius 1 is 1.20 bits per heavy atom. The zero-order valence-corrected chi connectivity index (χ0v) is 13.9. The topological polar surface area (TPSA) is 57.7 Å². The molecule has 0 radical (unpaired) electrons. The molecule has 1 amide bonds. The van der Waals surface area contributed by atoms with Crippen molar-refractivity contribution < 1.29 is 13.2 Å². The lowest BCUT2D eigenvalue weighted by Gasteiger charge is -2.33. The minimum atomic E-state index is -3.17. The second kappa shape index (κ2) is 5.83. The third-order valence-corrected chi connectivity index (χ3v) is 5.77. The minimum absolute atomic E-state index is 0.0614. The van der Waals surface area contributed by atoms with Crippen molar-refractivity contribution in [1.29, 1.82) is 0 Å². The smallest absolute Gasteiger partial charge is 0.255 e. The number of nitrogens with zero attached hydrogens (tertiary/aromatic N) is 2. The average molecular weight is 361 g/mol. The molecule has 0 atom stereocenters. The van der Waals surface area contributed by atoms with E-state index < -0.39 is 10.0 Å². The summed E-state index contributed by atoms with van der Waals surface area (Å²) in [5.41, 5.74) is 1.63. The Labute approximate surface area is 127 Å². The molecule has 1 aromatic rings. The van der Waals surface area contributed by atoms with Gasteiger partial charge in [0.15, 0.2) is 0 Å². The highest BCUT2D eigenvalue weighted by Gasteiger charge is 2.27. The summed E-state index contributed by atoms with van der Waals surface area (Å²) in [6.07, 6.45) is 1.20. The van der Waals surface area contributed by atoms with Crippen LogP contribution >= 0.6 is 15.9 Å². The first-order chi connectivity index (χ1) is 9.30. The van der Waals surface area contributed by atoms with Crippen LogP contribution in [0.4, 0.5) is 0 Å². The zero-order valence-electron chi connectivity index (χ0n) is 11.5. The van der Waals surface area contributed by atoms with E-state index >= 15 is 0 Å². The molecule has 1 aliphatic heterocycles. The summed E-state index contributed by atoms with van der Waals surface area (Å²) in [6, 6.07) is 5.56. The third-order valence-electron chi connectivity index (χ3n) is 3.42. The third kappa shape index (κ3) is 3.21. The van der Waals surface area contributed by atoms with Crippen molar-refractivity contribution in [2.75, 3.05) is 32.4 Å². The molecule has 0 aliphatic carbocycles.